The third-order valence-electron chi connectivity index (χ3n) is 2.12. The lowest BCUT2D eigenvalue weighted by Gasteiger charge is -2.00. The van der Waals surface area contributed by atoms with Gasteiger partial charge in [-0.2, -0.15) is 0 Å². The molecular weight excluding hydrogens is 238 g/mol. The zero-order chi connectivity index (χ0) is 13.9. The summed E-state index contributed by atoms with van der Waals surface area (Å²) in [6.07, 6.45) is 3.56. The van der Waals surface area contributed by atoms with Crippen molar-refractivity contribution in [3.8, 4) is 5.75 Å². The van der Waals surface area contributed by atoms with Crippen LogP contribution < -0.4 is 10.5 Å². The van der Waals surface area contributed by atoms with Crippen LogP contribution in [0.3, 0.4) is 0 Å². The quantitative estimate of drug-likeness (QED) is 0.655. The number of hydrogen-bond donors (Lipinski definition) is 2. The maximum atomic E-state index is 7.57. The molecule has 0 atom stereocenters. The average molecular weight is 257 g/mol. The van der Waals surface area contributed by atoms with Gasteiger partial charge in [-0.05, 0) is 30.7 Å². The number of benzene rings is 2. The number of rotatable bonds is 3. The van der Waals surface area contributed by atoms with E-state index in [1.807, 2.05) is 54.6 Å². The third-order valence-corrected chi connectivity index (χ3v) is 2.12. The topological polar surface area (TPSA) is 55.5 Å². The smallest absolute Gasteiger partial charge is 0.128 e. The molecule has 0 bridgehead atoms. The molecular formula is C16H19NO2. The Morgan fingerprint density at radius 2 is 1.79 bits per heavy atom. The molecule has 0 saturated heterocycles. The first-order valence-electron chi connectivity index (χ1n) is 6.11. The molecule has 0 fully saturated rings. The van der Waals surface area contributed by atoms with Gasteiger partial charge in [0.05, 0.1) is 6.26 Å². The van der Waals surface area contributed by atoms with Crippen molar-refractivity contribution in [3.63, 3.8) is 0 Å². The van der Waals surface area contributed by atoms with Crippen molar-refractivity contribution >= 4 is 11.8 Å². The van der Waals surface area contributed by atoms with Crippen molar-refractivity contribution in [1.82, 2.24) is 0 Å². The molecule has 0 amide bonds. The summed E-state index contributed by atoms with van der Waals surface area (Å²) in [6.45, 7) is 1.93. The van der Waals surface area contributed by atoms with Gasteiger partial charge in [0.1, 0.15) is 5.75 Å². The number of aliphatic hydroxyl groups is 1. The molecule has 0 heterocycles. The highest BCUT2D eigenvalue weighted by atomic mass is 16.5. The Morgan fingerprint density at radius 3 is 2.42 bits per heavy atom. The maximum absolute atomic E-state index is 7.57. The second-order valence-corrected chi connectivity index (χ2v) is 3.72. The van der Waals surface area contributed by atoms with Crippen LogP contribution in [-0.2, 0) is 0 Å². The lowest BCUT2D eigenvalue weighted by molar-refractivity contribution is 0.318. The first kappa shape index (κ1) is 14.8. The van der Waals surface area contributed by atoms with Gasteiger partial charge < -0.3 is 15.6 Å². The van der Waals surface area contributed by atoms with Crippen LogP contribution in [0.1, 0.15) is 12.5 Å². The largest absolute Gasteiger partial charge is 0.465 e. The molecule has 0 unspecified atom stereocenters. The summed E-state index contributed by atoms with van der Waals surface area (Å²) in [5.74, 6) is 0.743. The Kier molecular flexibility index (Phi) is 6.84. The lowest BCUT2D eigenvalue weighted by atomic mass is 10.2. The number of hydrogen-bond acceptors (Lipinski definition) is 3. The molecule has 0 spiro atoms. The van der Waals surface area contributed by atoms with Crippen molar-refractivity contribution in [2.45, 2.75) is 6.92 Å². The van der Waals surface area contributed by atoms with Crippen LogP contribution in [0.25, 0.3) is 6.08 Å². The zero-order valence-corrected chi connectivity index (χ0v) is 11.0. The summed E-state index contributed by atoms with van der Waals surface area (Å²) < 4.78 is 5.43. The summed E-state index contributed by atoms with van der Waals surface area (Å²) in [7, 11) is 0. The van der Waals surface area contributed by atoms with Gasteiger partial charge in [-0.1, -0.05) is 36.4 Å². The number of aliphatic hydroxyl groups excluding tert-OH is 1. The maximum Gasteiger partial charge on any atom is 0.128 e. The molecule has 3 heteroatoms. The molecule has 2 rings (SSSR count). The summed E-state index contributed by atoms with van der Waals surface area (Å²) in [5, 5.41) is 7.57. The molecule has 2 aromatic rings. The van der Waals surface area contributed by atoms with E-state index >= 15 is 0 Å². The zero-order valence-electron chi connectivity index (χ0n) is 11.0. The summed E-state index contributed by atoms with van der Waals surface area (Å²) >= 11 is 0. The van der Waals surface area contributed by atoms with E-state index < -0.39 is 0 Å². The fourth-order valence-corrected chi connectivity index (χ4v) is 1.34. The van der Waals surface area contributed by atoms with Gasteiger partial charge in [0.2, 0.25) is 0 Å². The molecule has 0 aliphatic rings. The Bertz CT molecular complexity index is 495. The molecule has 0 aromatic heterocycles. The number of nitrogen functional groups attached to an aromatic ring is 1. The van der Waals surface area contributed by atoms with E-state index in [9.17, 15) is 0 Å². The van der Waals surface area contributed by atoms with Crippen molar-refractivity contribution in [1.29, 1.82) is 0 Å². The first-order valence-corrected chi connectivity index (χ1v) is 6.11. The molecule has 0 saturated carbocycles. The van der Waals surface area contributed by atoms with Crippen molar-refractivity contribution in [2.75, 3.05) is 12.3 Å². The van der Waals surface area contributed by atoms with E-state index in [0.29, 0.717) is 5.69 Å². The van der Waals surface area contributed by atoms with E-state index in [0.717, 1.165) is 11.3 Å². The highest BCUT2D eigenvalue weighted by Gasteiger charge is 1.90. The van der Waals surface area contributed by atoms with E-state index in [1.165, 1.54) is 0 Å². The summed E-state index contributed by atoms with van der Waals surface area (Å²) in [4.78, 5) is 0. The fourth-order valence-electron chi connectivity index (χ4n) is 1.34. The highest BCUT2D eigenvalue weighted by molar-refractivity contribution is 5.49. The Labute approximate surface area is 114 Å². The van der Waals surface area contributed by atoms with Crippen LogP contribution in [0.2, 0.25) is 0 Å². The van der Waals surface area contributed by atoms with Crippen molar-refractivity contribution in [2.24, 2.45) is 0 Å². The van der Waals surface area contributed by atoms with Gasteiger partial charge in [0, 0.05) is 18.4 Å². The highest BCUT2D eigenvalue weighted by Crippen LogP contribution is 2.15. The van der Waals surface area contributed by atoms with Gasteiger partial charge in [-0.15, -0.1) is 0 Å². The minimum absolute atomic E-state index is 0.250. The molecule has 3 N–H and O–H groups in total. The Morgan fingerprint density at radius 1 is 1.11 bits per heavy atom. The second kappa shape index (κ2) is 8.78. The van der Waals surface area contributed by atoms with Crippen LogP contribution >= 0.6 is 0 Å². The van der Waals surface area contributed by atoms with Crippen LogP contribution in [0.4, 0.5) is 5.69 Å². The second-order valence-electron chi connectivity index (χ2n) is 3.72. The minimum Gasteiger partial charge on any atom is -0.465 e. The Balaban J connectivity index is 0.000000550. The minimum atomic E-state index is 0.250. The van der Waals surface area contributed by atoms with Crippen LogP contribution in [0.5, 0.6) is 5.75 Å². The standard InChI is InChI=1S/C14H13NO.C2H6O/c15-13-7-4-8-14(11-13)16-10-9-12-5-2-1-3-6-12;1-2-3/h1-11H,15H2;3H,2H2,1H3. The predicted molar refractivity (Wildman–Crippen MR) is 79.7 cm³/mol. The van der Waals surface area contributed by atoms with E-state index in [4.69, 9.17) is 15.6 Å². The summed E-state index contributed by atoms with van der Waals surface area (Å²) in [6, 6.07) is 17.3. The van der Waals surface area contributed by atoms with Gasteiger partial charge in [0.15, 0.2) is 0 Å². The van der Waals surface area contributed by atoms with Crippen molar-refractivity contribution < 1.29 is 9.84 Å². The van der Waals surface area contributed by atoms with Gasteiger partial charge in [0.25, 0.3) is 0 Å². The van der Waals surface area contributed by atoms with Gasteiger partial charge >= 0.3 is 0 Å². The number of anilines is 1. The predicted octanol–water partition coefficient (Wildman–Crippen LogP) is 3.32. The monoisotopic (exact) mass is 257 g/mol. The average Bonchev–Trinajstić information content (AvgIpc) is 2.41. The molecule has 2 aromatic carbocycles. The third kappa shape index (κ3) is 6.29. The van der Waals surface area contributed by atoms with Crippen LogP contribution in [0.15, 0.2) is 60.9 Å². The normalized spacial score (nSPS) is 9.79. The Hall–Kier alpha value is -2.26. The number of nitrogens with two attached hydrogens (primary N) is 1. The molecule has 0 aliphatic heterocycles. The summed E-state index contributed by atoms with van der Waals surface area (Å²) in [5.41, 5.74) is 7.44. The molecule has 19 heavy (non-hydrogen) atoms. The van der Waals surface area contributed by atoms with E-state index in [-0.39, 0.29) is 6.61 Å². The van der Waals surface area contributed by atoms with Crippen LogP contribution in [0, 0.1) is 0 Å². The molecule has 0 radical (unpaired) electrons. The molecule has 100 valence electrons. The van der Waals surface area contributed by atoms with Crippen molar-refractivity contribution in [3.05, 3.63) is 66.4 Å². The first-order chi connectivity index (χ1) is 9.26. The molecule has 0 aliphatic carbocycles. The van der Waals surface area contributed by atoms with Crippen LogP contribution in [-0.4, -0.2) is 11.7 Å². The lowest BCUT2D eigenvalue weighted by Crippen LogP contribution is -1.86. The van der Waals surface area contributed by atoms with Gasteiger partial charge in [-0.3, -0.25) is 0 Å². The fraction of sp³-hybridized carbons (Fsp3) is 0.125. The van der Waals surface area contributed by atoms with Gasteiger partial charge in [-0.25, -0.2) is 0 Å². The van der Waals surface area contributed by atoms with E-state index in [2.05, 4.69) is 0 Å². The SMILES string of the molecule is CCO.Nc1cccc(OC=Cc2ccccc2)c1. The van der Waals surface area contributed by atoms with E-state index in [1.54, 1.807) is 19.3 Å². The molecule has 3 nitrogen and oxygen atoms in total. The number of ether oxygens (including phenoxy) is 1.